The Morgan fingerprint density at radius 3 is 2.53 bits per heavy atom. The summed E-state index contributed by atoms with van der Waals surface area (Å²) < 4.78 is 13.1. The first kappa shape index (κ1) is 25.9. The van der Waals surface area contributed by atoms with E-state index in [-0.39, 0.29) is 24.1 Å². The molecule has 3 N–H and O–H groups in total. The van der Waals surface area contributed by atoms with Crippen molar-refractivity contribution in [2.24, 2.45) is 11.8 Å². The Bertz CT molecular complexity index is 1150. The van der Waals surface area contributed by atoms with Gasteiger partial charge in [0.2, 0.25) is 0 Å². The average molecular weight is 517 g/mol. The van der Waals surface area contributed by atoms with Crippen molar-refractivity contribution in [1.82, 2.24) is 14.5 Å². The molecule has 3 fully saturated rings. The molecule has 1 aromatic heterocycles. The summed E-state index contributed by atoms with van der Waals surface area (Å²) in [6.45, 7) is 3.01. The number of aryl methyl sites for hydroxylation is 1. The minimum Gasteiger partial charge on any atom is -0.365 e. The van der Waals surface area contributed by atoms with Gasteiger partial charge in [-0.05, 0) is 69.4 Å². The molecule has 8 nitrogen and oxygen atoms in total. The van der Waals surface area contributed by atoms with E-state index in [1.54, 1.807) is 0 Å². The van der Waals surface area contributed by atoms with Gasteiger partial charge < -0.3 is 19.7 Å². The van der Waals surface area contributed by atoms with Crippen LogP contribution in [0.25, 0.3) is 11.0 Å². The fourth-order valence-corrected chi connectivity index (χ4v) is 7.73. The normalized spacial score (nSPS) is 29.4. The third-order valence-electron chi connectivity index (χ3n) is 8.85. The minimum atomic E-state index is -4.15. The summed E-state index contributed by atoms with van der Waals surface area (Å²) in [5.41, 5.74) is 1.30. The molecule has 2 saturated carbocycles. The molecule has 36 heavy (non-hydrogen) atoms. The number of likely N-dealkylation sites (tertiary alicyclic amines) is 1. The maximum absolute atomic E-state index is 13.4. The summed E-state index contributed by atoms with van der Waals surface area (Å²) in [7, 11) is -4.15. The van der Waals surface area contributed by atoms with E-state index in [9.17, 15) is 19.1 Å². The Hall–Kier alpha value is -1.73. The van der Waals surface area contributed by atoms with Crippen LogP contribution in [0.3, 0.4) is 0 Å². The zero-order valence-corrected chi connectivity index (χ0v) is 22.3. The fourth-order valence-electron chi connectivity index (χ4n) is 7.33. The maximum Gasteiger partial charge on any atom is 0.327 e. The van der Waals surface area contributed by atoms with Crippen molar-refractivity contribution in [3.05, 3.63) is 34.6 Å². The van der Waals surface area contributed by atoms with Crippen LogP contribution in [0.4, 0.5) is 5.82 Å². The second-order valence-electron chi connectivity index (χ2n) is 11.4. The smallest absolute Gasteiger partial charge is 0.327 e. The maximum atomic E-state index is 13.4. The largest absolute Gasteiger partial charge is 0.365 e. The number of hydrogen-bond donors (Lipinski definition) is 3. The Morgan fingerprint density at radius 1 is 1.06 bits per heavy atom. The lowest BCUT2D eigenvalue weighted by atomic mass is 9.69. The molecule has 3 aliphatic rings. The highest BCUT2D eigenvalue weighted by Gasteiger charge is 2.39. The van der Waals surface area contributed by atoms with Gasteiger partial charge in [0.1, 0.15) is 0 Å². The molecule has 1 aliphatic heterocycles. The van der Waals surface area contributed by atoms with E-state index in [4.69, 9.17) is 0 Å². The minimum absolute atomic E-state index is 0.00277. The summed E-state index contributed by atoms with van der Waals surface area (Å²) in [6.07, 6.45) is 12.6. The van der Waals surface area contributed by atoms with Gasteiger partial charge in [0, 0.05) is 31.2 Å². The number of fused-ring (bicyclic) bond motifs is 3. The summed E-state index contributed by atoms with van der Waals surface area (Å²) in [4.78, 5) is 39.1. The fraction of sp³-hybridized carbons (Fsp3) is 0.704. The van der Waals surface area contributed by atoms with Gasteiger partial charge >= 0.3 is 7.60 Å². The predicted molar refractivity (Wildman–Crippen MR) is 143 cm³/mol. The van der Waals surface area contributed by atoms with Gasteiger partial charge in [-0.25, -0.2) is 4.98 Å². The molecular weight excluding hydrogens is 475 g/mol. The van der Waals surface area contributed by atoms with Crippen LogP contribution in [0, 0.1) is 11.8 Å². The molecule has 1 saturated heterocycles. The van der Waals surface area contributed by atoms with Crippen LogP contribution < -0.4 is 10.9 Å². The van der Waals surface area contributed by atoms with Gasteiger partial charge in [0.05, 0.1) is 17.2 Å². The van der Waals surface area contributed by atoms with Gasteiger partial charge in [-0.3, -0.25) is 14.3 Å². The number of piperidine rings is 1. The molecule has 2 heterocycles. The van der Waals surface area contributed by atoms with Gasteiger partial charge in [0.15, 0.2) is 5.82 Å². The SMILES string of the molecule is C[C@H]1CCC[C@@H](CCn2c(=O)c(NCCP(=O)(O)O)nc3ccccc32)N1[C@H]1C[C@@H]2CCC[C@@H](C2)C1. The van der Waals surface area contributed by atoms with Crippen molar-refractivity contribution in [3.63, 3.8) is 0 Å². The van der Waals surface area contributed by atoms with Crippen LogP contribution in [0.5, 0.6) is 0 Å². The first-order chi connectivity index (χ1) is 17.3. The van der Waals surface area contributed by atoms with Crippen LogP contribution in [0.1, 0.15) is 71.1 Å². The van der Waals surface area contributed by atoms with Crippen molar-refractivity contribution in [1.29, 1.82) is 0 Å². The zero-order chi connectivity index (χ0) is 25.3. The van der Waals surface area contributed by atoms with E-state index in [1.165, 1.54) is 57.8 Å². The molecule has 5 rings (SSSR count). The molecule has 0 spiro atoms. The Kier molecular flexibility index (Phi) is 7.87. The quantitative estimate of drug-likeness (QED) is 0.441. The van der Waals surface area contributed by atoms with E-state index >= 15 is 0 Å². The van der Waals surface area contributed by atoms with Crippen molar-refractivity contribution in [2.75, 3.05) is 18.0 Å². The lowest BCUT2D eigenvalue weighted by Gasteiger charge is -2.51. The van der Waals surface area contributed by atoms with Gasteiger partial charge in [-0.1, -0.05) is 37.8 Å². The van der Waals surface area contributed by atoms with Crippen molar-refractivity contribution in [2.45, 2.75) is 95.8 Å². The highest BCUT2D eigenvalue weighted by atomic mass is 31.2. The Labute approximate surface area is 213 Å². The molecular formula is C27H41N4O4P. The molecule has 2 bridgehead atoms. The second-order valence-corrected chi connectivity index (χ2v) is 13.2. The van der Waals surface area contributed by atoms with E-state index in [0.717, 1.165) is 23.8 Å². The number of para-hydroxylation sites is 2. The summed E-state index contributed by atoms with van der Waals surface area (Å²) >= 11 is 0. The van der Waals surface area contributed by atoms with Crippen molar-refractivity contribution in [3.8, 4) is 0 Å². The second kappa shape index (κ2) is 10.9. The standard InChI is InChI=1S/C27H41N4O4P/c1-19-6-4-9-22(31(19)23-17-20-7-5-8-21(16-20)18-23)12-14-30-25-11-3-2-10-24(25)29-26(27(30)32)28-13-15-36(33,34)35/h2-3,10-11,19-23H,4-9,12-18H2,1H3,(H,28,29)(H2,33,34,35)/t19-,20-,21+,22-,23+/m0/s1. The van der Waals surface area contributed by atoms with Crippen LogP contribution in [-0.4, -0.2) is 55.1 Å². The third kappa shape index (κ3) is 5.88. The van der Waals surface area contributed by atoms with E-state index in [0.29, 0.717) is 30.2 Å². The summed E-state index contributed by atoms with van der Waals surface area (Å²) in [5, 5.41) is 2.88. The predicted octanol–water partition coefficient (Wildman–Crippen LogP) is 4.59. The highest BCUT2D eigenvalue weighted by molar-refractivity contribution is 7.51. The van der Waals surface area contributed by atoms with E-state index in [1.807, 2.05) is 28.8 Å². The van der Waals surface area contributed by atoms with Gasteiger partial charge in [-0.15, -0.1) is 0 Å². The lowest BCUT2D eigenvalue weighted by molar-refractivity contribution is -0.00907. The highest BCUT2D eigenvalue weighted by Crippen LogP contribution is 2.44. The Morgan fingerprint density at radius 2 is 1.78 bits per heavy atom. The van der Waals surface area contributed by atoms with Crippen LogP contribution in [0.15, 0.2) is 29.1 Å². The molecule has 9 heteroatoms. The first-order valence-corrected chi connectivity index (χ1v) is 15.6. The van der Waals surface area contributed by atoms with Gasteiger partial charge in [0.25, 0.3) is 5.56 Å². The monoisotopic (exact) mass is 516 g/mol. The molecule has 0 unspecified atom stereocenters. The van der Waals surface area contributed by atoms with E-state index in [2.05, 4.69) is 22.1 Å². The molecule has 0 radical (unpaired) electrons. The molecule has 2 aliphatic carbocycles. The number of nitrogens with zero attached hydrogens (tertiary/aromatic N) is 3. The Balaban J connectivity index is 1.36. The zero-order valence-electron chi connectivity index (χ0n) is 21.4. The van der Waals surface area contributed by atoms with Crippen LogP contribution in [-0.2, 0) is 11.1 Å². The molecule has 5 atom stereocenters. The number of benzene rings is 1. The average Bonchev–Trinajstić information content (AvgIpc) is 2.83. The van der Waals surface area contributed by atoms with Crippen molar-refractivity contribution < 1.29 is 14.4 Å². The molecule has 198 valence electrons. The van der Waals surface area contributed by atoms with Crippen LogP contribution >= 0.6 is 7.60 Å². The number of rotatable bonds is 8. The topological polar surface area (TPSA) is 108 Å². The summed E-state index contributed by atoms with van der Waals surface area (Å²) in [5.74, 6) is 1.95. The van der Waals surface area contributed by atoms with Crippen molar-refractivity contribution >= 4 is 24.4 Å². The first-order valence-electron chi connectivity index (χ1n) is 13.8. The summed E-state index contributed by atoms with van der Waals surface area (Å²) in [6, 6.07) is 9.38. The molecule has 0 amide bonds. The molecule has 1 aromatic carbocycles. The van der Waals surface area contributed by atoms with Crippen LogP contribution in [0.2, 0.25) is 0 Å². The lowest BCUT2D eigenvalue weighted by Crippen LogP contribution is -2.54. The third-order valence-corrected chi connectivity index (χ3v) is 9.65. The molecule has 2 aromatic rings. The van der Waals surface area contributed by atoms with E-state index < -0.39 is 7.60 Å². The number of aromatic nitrogens is 2. The number of hydrogen-bond acceptors (Lipinski definition) is 5. The van der Waals surface area contributed by atoms with Gasteiger partial charge in [-0.2, -0.15) is 0 Å². The number of anilines is 1. The number of nitrogens with one attached hydrogen (secondary N) is 1.